The molecule has 0 atom stereocenters. The largest absolute Gasteiger partial charge is 0.351 e. The molecule has 0 aliphatic rings. The molecule has 0 aromatic carbocycles. The normalized spacial score (nSPS) is 10.3. The monoisotopic (exact) mass is 297 g/mol. The van der Waals surface area contributed by atoms with E-state index < -0.39 is 6.03 Å². The minimum Gasteiger partial charge on any atom is -0.351 e. The Balaban J connectivity index is 2.16. The Kier molecular flexibility index (Phi) is 3.57. The van der Waals surface area contributed by atoms with E-state index in [2.05, 4.69) is 15.0 Å². The van der Waals surface area contributed by atoms with Gasteiger partial charge in [0.15, 0.2) is 0 Å². The molecule has 0 radical (unpaired) electrons. The Morgan fingerprint density at radius 3 is 2.71 bits per heavy atom. The first-order valence-electron chi connectivity index (χ1n) is 6.12. The molecular formula is C14H11N5OS. The van der Waals surface area contributed by atoms with Crippen LogP contribution in [0, 0.1) is 0 Å². The topological polar surface area (TPSA) is 85.0 Å². The van der Waals surface area contributed by atoms with Gasteiger partial charge in [0.25, 0.3) is 0 Å². The van der Waals surface area contributed by atoms with Gasteiger partial charge < -0.3 is 5.73 Å². The van der Waals surface area contributed by atoms with Gasteiger partial charge in [-0.2, -0.15) is 0 Å². The summed E-state index contributed by atoms with van der Waals surface area (Å²) in [5.74, 6) is 0.441. The average molecular weight is 297 g/mol. The standard InChI is InChI=1S/C14H11N5OS/c15-14(20)19(12-3-1-2-5-17-12)11-9-16-6-4-10(11)13-18-7-8-21-13/h1-9H,(H2,15,20). The molecule has 3 aromatic heterocycles. The third-order valence-electron chi connectivity index (χ3n) is 2.80. The van der Waals surface area contributed by atoms with Crippen LogP contribution < -0.4 is 10.6 Å². The predicted octanol–water partition coefficient (Wildman–Crippen LogP) is 2.82. The molecule has 0 aliphatic heterocycles. The van der Waals surface area contributed by atoms with Crippen molar-refractivity contribution in [2.75, 3.05) is 4.90 Å². The molecule has 104 valence electrons. The molecule has 0 saturated heterocycles. The fraction of sp³-hybridized carbons (Fsp3) is 0. The Hall–Kier alpha value is -2.80. The lowest BCUT2D eigenvalue weighted by molar-refractivity contribution is 0.256. The van der Waals surface area contributed by atoms with Crippen molar-refractivity contribution in [1.82, 2.24) is 15.0 Å². The molecule has 3 aromatic rings. The summed E-state index contributed by atoms with van der Waals surface area (Å²) in [6, 6.07) is 6.45. The van der Waals surface area contributed by atoms with Crippen molar-refractivity contribution in [3.63, 3.8) is 0 Å². The Morgan fingerprint density at radius 2 is 2.05 bits per heavy atom. The van der Waals surface area contributed by atoms with Crippen molar-refractivity contribution in [2.45, 2.75) is 0 Å². The first-order valence-corrected chi connectivity index (χ1v) is 7.00. The van der Waals surface area contributed by atoms with Crippen LogP contribution in [0.2, 0.25) is 0 Å². The number of nitrogens with zero attached hydrogens (tertiary/aromatic N) is 4. The van der Waals surface area contributed by atoms with E-state index in [4.69, 9.17) is 5.73 Å². The smallest absolute Gasteiger partial charge is 0.325 e. The molecule has 3 heterocycles. The zero-order valence-corrected chi connectivity index (χ0v) is 11.7. The van der Waals surface area contributed by atoms with E-state index in [1.165, 1.54) is 16.2 Å². The van der Waals surface area contributed by atoms with Crippen LogP contribution in [-0.4, -0.2) is 21.0 Å². The second-order valence-corrected chi connectivity index (χ2v) is 4.99. The van der Waals surface area contributed by atoms with Gasteiger partial charge in [-0.3, -0.25) is 4.98 Å². The molecule has 21 heavy (non-hydrogen) atoms. The third kappa shape index (κ3) is 2.59. The number of pyridine rings is 2. The fourth-order valence-electron chi connectivity index (χ4n) is 1.94. The van der Waals surface area contributed by atoms with Crippen molar-refractivity contribution >= 4 is 28.9 Å². The summed E-state index contributed by atoms with van der Waals surface area (Å²) < 4.78 is 0. The van der Waals surface area contributed by atoms with E-state index in [9.17, 15) is 4.79 Å². The lowest BCUT2D eigenvalue weighted by Gasteiger charge is -2.21. The summed E-state index contributed by atoms with van der Waals surface area (Å²) in [6.45, 7) is 0. The molecule has 0 unspecified atom stereocenters. The van der Waals surface area contributed by atoms with Gasteiger partial charge in [0, 0.05) is 29.5 Å². The molecule has 3 rings (SSSR count). The van der Waals surface area contributed by atoms with Crippen molar-refractivity contribution in [1.29, 1.82) is 0 Å². The number of nitrogens with two attached hydrogens (primary N) is 1. The third-order valence-corrected chi connectivity index (χ3v) is 3.61. The van der Waals surface area contributed by atoms with Crippen molar-refractivity contribution < 1.29 is 4.79 Å². The zero-order valence-electron chi connectivity index (χ0n) is 10.9. The Labute approximate surface area is 124 Å². The van der Waals surface area contributed by atoms with Crippen LogP contribution in [0.5, 0.6) is 0 Å². The highest BCUT2D eigenvalue weighted by molar-refractivity contribution is 7.13. The predicted molar refractivity (Wildman–Crippen MR) is 81.3 cm³/mol. The SMILES string of the molecule is NC(=O)N(c1ccccn1)c1cnccc1-c1nccs1. The zero-order chi connectivity index (χ0) is 14.7. The van der Waals surface area contributed by atoms with Crippen molar-refractivity contribution in [2.24, 2.45) is 5.73 Å². The van der Waals surface area contributed by atoms with Gasteiger partial charge in [-0.15, -0.1) is 11.3 Å². The molecule has 2 N–H and O–H groups in total. The van der Waals surface area contributed by atoms with E-state index in [1.54, 1.807) is 49.1 Å². The van der Waals surface area contributed by atoms with Gasteiger partial charge in [-0.1, -0.05) is 6.07 Å². The van der Waals surface area contributed by atoms with Gasteiger partial charge >= 0.3 is 6.03 Å². The Bertz CT molecular complexity index is 745. The first-order chi connectivity index (χ1) is 10.3. The lowest BCUT2D eigenvalue weighted by atomic mass is 10.2. The van der Waals surface area contributed by atoms with Gasteiger partial charge in [0.05, 0.1) is 11.9 Å². The molecule has 0 fully saturated rings. The van der Waals surface area contributed by atoms with E-state index >= 15 is 0 Å². The number of anilines is 2. The van der Waals surface area contributed by atoms with Gasteiger partial charge in [0.1, 0.15) is 10.8 Å². The van der Waals surface area contributed by atoms with Crippen LogP contribution >= 0.6 is 11.3 Å². The minimum atomic E-state index is -0.625. The van der Waals surface area contributed by atoms with Crippen LogP contribution in [0.4, 0.5) is 16.3 Å². The van der Waals surface area contributed by atoms with Crippen LogP contribution in [0.3, 0.4) is 0 Å². The van der Waals surface area contributed by atoms with E-state index in [-0.39, 0.29) is 0 Å². The van der Waals surface area contributed by atoms with E-state index in [1.807, 2.05) is 5.38 Å². The van der Waals surface area contributed by atoms with Crippen LogP contribution in [0.25, 0.3) is 10.6 Å². The summed E-state index contributed by atoms with van der Waals surface area (Å²) in [5.41, 5.74) is 6.86. The molecule has 2 amide bonds. The number of rotatable bonds is 3. The lowest BCUT2D eigenvalue weighted by Crippen LogP contribution is -2.32. The maximum absolute atomic E-state index is 11.9. The number of carbonyl (C=O) groups is 1. The highest BCUT2D eigenvalue weighted by Gasteiger charge is 2.21. The summed E-state index contributed by atoms with van der Waals surface area (Å²) in [6.07, 6.45) is 6.54. The second-order valence-electron chi connectivity index (χ2n) is 4.09. The minimum absolute atomic E-state index is 0.441. The summed E-state index contributed by atoms with van der Waals surface area (Å²) in [4.78, 5) is 25.7. The highest BCUT2D eigenvalue weighted by Crippen LogP contribution is 2.34. The molecule has 0 saturated carbocycles. The summed E-state index contributed by atoms with van der Waals surface area (Å²) in [7, 11) is 0. The molecule has 0 spiro atoms. The van der Waals surface area contributed by atoms with Crippen LogP contribution in [-0.2, 0) is 0 Å². The average Bonchev–Trinajstić information content (AvgIpc) is 3.03. The highest BCUT2D eigenvalue weighted by atomic mass is 32.1. The van der Waals surface area contributed by atoms with Crippen molar-refractivity contribution in [3.05, 3.63) is 54.4 Å². The van der Waals surface area contributed by atoms with Crippen LogP contribution in [0.15, 0.2) is 54.4 Å². The first kappa shape index (κ1) is 13.2. The fourth-order valence-corrected chi connectivity index (χ4v) is 2.61. The number of carbonyl (C=O) groups excluding carboxylic acids is 1. The number of hydrogen-bond donors (Lipinski definition) is 1. The molecule has 0 aliphatic carbocycles. The number of thiazole rings is 1. The molecular weight excluding hydrogens is 286 g/mol. The maximum Gasteiger partial charge on any atom is 0.325 e. The summed E-state index contributed by atoms with van der Waals surface area (Å²) >= 11 is 1.48. The van der Waals surface area contributed by atoms with E-state index in [0.717, 1.165) is 10.6 Å². The number of primary amides is 1. The maximum atomic E-state index is 11.9. The number of aromatic nitrogens is 3. The summed E-state index contributed by atoms with van der Waals surface area (Å²) in [5, 5.41) is 2.66. The number of hydrogen-bond acceptors (Lipinski definition) is 5. The number of urea groups is 1. The molecule has 7 heteroatoms. The number of amides is 2. The van der Waals surface area contributed by atoms with E-state index in [0.29, 0.717) is 11.5 Å². The Morgan fingerprint density at radius 1 is 1.14 bits per heavy atom. The van der Waals surface area contributed by atoms with Gasteiger partial charge in [-0.25, -0.2) is 19.7 Å². The molecule has 0 bridgehead atoms. The quantitative estimate of drug-likeness (QED) is 0.805. The van der Waals surface area contributed by atoms with Gasteiger partial charge in [0.2, 0.25) is 0 Å². The van der Waals surface area contributed by atoms with Crippen LogP contribution in [0.1, 0.15) is 0 Å². The van der Waals surface area contributed by atoms with Crippen molar-refractivity contribution in [3.8, 4) is 10.6 Å². The van der Waals surface area contributed by atoms with Gasteiger partial charge in [-0.05, 0) is 18.2 Å². The molecule has 6 nitrogen and oxygen atoms in total. The second kappa shape index (κ2) is 5.68.